The summed E-state index contributed by atoms with van der Waals surface area (Å²) in [6.45, 7) is 7.37. The van der Waals surface area contributed by atoms with Gasteiger partial charge in [0.2, 0.25) is 0 Å². The molecule has 0 aliphatic heterocycles. The molecule has 4 aromatic rings. The van der Waals surface area contributed by atoms with Crippen LogP contribution < -0.4 is 18.9 Å². The van der Waals surface area contributed by atoms with Crippen molar-refractivity contribution in [3.63, 3.8) is 0 Å². The molecule has 0 saturated carbocycles. The van der Waals surface area contributed by atoms with Gasteiger partial charge >= 0.3 is 29.8 Å². The molecule has 0 N–H and O–H groups in total. The number of benzene rings is 4. The van der Waals surface area contributed by atoms with E-state index in [-0.39, 0.29) is 42.4 Å². The summed E-state index contributed by atoms with van der Waals surface area (Å²) in [5.74, 6) is -1.75. The van der Waals surface area contributed by atoms with E-state index in [4.69, 9.17) is 33.2 Å². The van der Waals surface area contributed by atoms with Crippen LogP contribution in [0.1, 0.15) is 43.9 Å². The fourth-order valence-electron chi connectivity index (χ4n) is 4.42. The van der Waals surface area contributed by atoms with Crippen LogP contribution in [0, 0.1) is 0 Å². The van der Waals surface area contributed by atoms with Crippen molar-refractivity contribution in [2.24, 2.45) is 0 Å². The maximum Gasteiger partial charge on any atom is 0.343 e. The lowest BCUT2D eigenvalue weighted by atomic mass is 10.0. The zero-order valence-electron chi connectivity index (χ0n) is 28.4. The van der Waals surface area contributed by atoms with Gasteiger partial charge in [0.25, 0.3) is 0 Å². The van der Waals surface area contributed by atoms with Gasteiger partial charge in [0.15, 0.2) is 11.5 Å². The monoisotopic (exact) mass is 708 g/mol. The molecular weight excluding hydrogens is 672 g/mol. The van der Waals surface area contributed by atoms with Crippen molar-refractivity contribution in [2.45, 2.75) is 12.8 Å². The van der Waals surface area contributed by atoms with Gasteiger partial charge in [-0.25, -0.2) is 24.0 Å². The third-order valence-corrected chi connectivity index (χ3v) is 7.11. The standard InChI is InChI=1S/C40H36O12/c1-4-36(41)48-23-6-22-47-32-17-14-30(15-18-32)39(44)52-34-21-16-31(26-35(34)46-3)40(45)51-33-19-12-28(13-20-33)27-8-10-29(11-9-27)38(43)50-25-7-24-49-37(42)5-2/h4-5,8-21,26H,1-2,6-7,22-25H2,3H3. The number of carbonyl (C=O) groups excluding carboxylic acids is 5. The summed E-state index contributed by atoms with van der Waals surface area (Å²) in [6, 6.07) is 24.2. The largest absolute Gasteiger partial charge is 0.493 e. The molecule has 268 valence electrons. The predicted molar refractivity (Wildman–Crippen MR) is 189 cm³/mol. The number of rotatable bonds is 18. The number of esters is 5. The minimum atomic E-state index is -0.653. The Bertz CT molecular complexity index is 1880. The smallest absolute Gasteiger partial charge is 0.343 e. The van der Waals surface area contributed by atoms with Gasteiger partial charge in [0.1, 0.15) is 11.5 Å². The minimum absolute atomic E-state index is 0.101. The molecule has 4 rings (SSSR count). The van der Waals surface area contributed by atoms with E-state index in [1.165, 1.54) is 25.3 Å². The molecule has 0 bridgehead atoms. The van der Waals surface area contributed by atoms with E-state index in [0.717, 1.165) is 23.3 Å². The molecular formula is C40H36O12. The minimum Gasteiger partial charge on any atom is -0.493 e. The summed E-state index contributed by atoms with van der Waals surface area (Å²) >= 11 is 0. The van der Waals surface area contributed by atoms with E-state index in [1.807, 2.05) is 0 Å². The van der Waals surface area contributed by atoms with Crippen LogP contribution in [0.15, 0.2) is 116 Å². The average molecular weight is 709 g/mol. The van der Waals surface area contributed by atoms with Crippen LogP contribution in [0.4, 0.5) is 0 Å². The second kappa shape index (κ2) is 19.5. The second-order valence-corrected chi connectivity index (χ2v) is 10.7. The molecule has 0 unspecified atom stereocenters. The number of methoxy groups -OCH3 is 1. The molecule has 0 aromatic heterocycles. The predicted octanol–water partition coefficient (Wildman–Crippen LogP) is 6.57. The summed E-state index contributed by atoms with van der Waals surface area (Å²) in [6.07, 6.45) is 3.01. The van der Waals surface area contributed by atoms with Crippen LogP contribution in [0.25, 0.3) is 11.1 Å². The normalized spacial score (nSPS) is 10.2. The van der Waals surface area contributed by atoms with Crippen molar-refractivity contribution in [1.82, 2.24) is 0 Å². The number of ether oxygens (including phenoxy) is 7. The first-order valence-electron chi connectivity index (χ1n) is 16.0. The average Bonchev–Trinajstić information content (AvgIpc) is 3.17. The first-order valence-corrected chi connectivity index (χ1v) is 16.0. The summed E-state index contributed by atoms with van der Waals surface area (Å²) < 4.78 is 37.0. The Labute approximate surface area is 300 Å². The number of hydrogen-bond acceptors (Lipinski definition) is 12. The topological polar surface area (TPSA) is 150 Å². The Hall–Kier alpha value is -6.69. The van der Waals surface area contributed by atoms with Gasteiger partial charge in [-0.3, -0.25) is 0 Å². The van der Waals surface area contributed by atoms with Crippen molar-refractivity contribution in [3.8, 4) is 34.1 Å². The summed E-state index contributed by atoms with van der Waals surface area (Å²) in [4.78, 5) is 60.2. The molecule has 0 heterocycles. The fraction of sp³-hybridized carbons (Fsp3) is 0.175. The third-order valence-electron chi connectivity index (χ3n) is 7.11. The van der Waals surface area contributed by atoms with Crippen molar-refractivity contribution in [3.05, 3.63) is 133 Å². The van der Waals surface area contributed by atoms with Crippen LogP contribution >= 0.6 is 0 Å². The Balaban J connectivity index is 1.27. The SMILES string of the molecule is C=CC(=O)OCCCOC(=O)c1ccc(-c2ccc(OC(=O)c3ccc(OC(=O)c4ccc(OCCCOC(=O)C=C)cc4)c(OC)c3)cc2)cc1. The van der Waals surface area contributed by atoms with Crippen molar-refractivity contribution in [2.75, 3.05) is 33.5 Å². The molecule has 0 fully saturated rings. The van der Waals surface area contributed by atoms with Crippen molar-refractivity contribution < 1.29 is 57.1 Å². The third kappa shape index (κ3) is 11.4. The van der Waals surface area contributed by atoms with Crippen molar-refractivity contribution in [1.29, 1.82) is 0 Å². The van der Waals surface area contributed by atoms with E-state index in [0.29, 0.717) is 36.5 Å². The van der Waals surface area contributed by atoms with Crippen molar-refractivity contribution >= 4 is 29.8 Å². The van der Waals surface area contributed by atoms with Crippen LogP contribution in [0.2, 0.25) is 0 Å². The van der Waals surface area contributed by atoms with Gasteiger partial charge in [0.05, 0.1) is 50.2 Å². The lowest BCUT2D eigenvalue weighted by Crippen LogP contribution is -2.11. The molecule has 52 heavy (non-hydrogen) atoms. The summed E-state index contributed by atoms with van der Waals surface area (Å²) in [7, 11) is 1.38. The first kappa shape index (κ1) is 38.1. The number of carbonyl (C=O) groups is 5. The van der Waals surface area contributed by atoms with Gasteiger partial charge in [0, 0.05) is 25.0 Å². The zero-order valence-corrected chi connectivity index (χ0v) is 28.4. The molecule has 0 saturated heterocycles. The highest BCUT2D eigenvalue weighted by Gasteiger charge is 2.17. The van der Waals surface area contributed by atoms with Gasteiger partial charge in [-0.15, -0.1) is 0 Å². The Morgan fingerprint density at radius 3 is 1.60 bits per heavy atom. The van der Waals surface area contributed by atoms with Gasteiger partial charge in [-0.05, 0) is 77.9 Å². The molecule has 12 heteroatoms. The Kier molecular flexibility index (Phi) is 14.3. The van der Waals surface area contributed by atoms with E-state index >= 15 is 0 Å². The van der Waals surface area contributed by atoms with E-state index in [1.54, 1.807) is 72.8 Å². The fourth-order valence-corrected chi connectivity index (χ4v) is 4.42. The van der Waals surface area contributed by atoms with Crippen LogP contribution in [0.5, 0.6) is 23.0 Å². The van der Waals surface area contributed by atoms with E-state index < -0.39 is 29.8 Å². The molecule has 0 radical (unpaired) electrons. The molecule has 12 nitrogen and oxygen atoms in total. The van der Waals surface area contributed by atoms with Gasteiger partial charge in [-0.1, -0.05) is 37.4 Å². The van der Waals surface area contributed by atoms with E-state index in [2.05, 4.69) is 13.2 Å². The highest BCUT2D eigenvalue weighted by Crippen LogP contribution is 2.30. The quantitative estimate of drug-likeness (QED) is 0.0361. The maximum atomic E-state index is 12.9. The molecule has 0 spiro atoms. The summed E-state index contributed by atoms with van der Waals surface area (Å²) in [5, 5.41) is 0. The summed E-state index contributed by atoms with van der Waals surface area (Å²) in [5.41, 5.74) is 2.44. The molecule has 0 atom stereocenters. The Morgan fingerprint density at radius 2 is 1.00 bits per heavy atom. The molecule has 0 aliphatic rings. The maximum absolute atomic E-state index is 12.9. The van der Waals surface area contributed by atoms with Gasteiger partial charge < -0.3 is 33.2 Å². The van der Waals surface area contributed by atoms with Crippen LogP contribution in [-0.2, 0) is 23.8 Å². The van der Waals surface area contributed by atoms with E-state index in [9.17, 15) is 24.0 Å². The highest BCUT2D eigenvalue weighted by atomic mass is 16.6. The highest BCUT2D eigenvalue weighted by molar-refractivity contribution is 5.94. The molecule has 0 aliphatic carbocycles. The number of hydrogen-bond donors (Lipinski definition) is 0. The molecule has 0 amide bonds. The van der Waals surface area contributed by atoms with Gasteiger partial charge in [-0.2, -0.15) is 0 Å². The Morgan fingerprint density at radius 1 is 0.519 bits per heavy atom. The lowest BCUT2D eigenvalue weighted by molar-refractivity contribution is -0.138. The van der Waals surface area contributed by atoms with Crippen LogP contribution in [-0.4, -0.2) is 63.4 Å². The first-order chi connectivity index (χ1) is 25.2. The molecule has 4 aromatic carbocycles. The zero-order chi connectivity index (χ0) is 37.3. The second-order valence-electron chi connectivity index (χ2n) is 10.7. The van der Waals surface area contributed by atoms with Crippen LogP contribution in [0.3, 0.4) is 0 Å². The lowest BCUT2D eigenvalue weighted by Gasteiger charge is -2.12.